The SMILES string of the molecule is CC(=O)ON=Cc1ccoc1C#N. The number of oxime groups is 1. The molecule has 0 radical (unpaired) electrons. The smallest absolute Gasteiger partial charge is 0.331 e. The Morgan fingerprint density at radius 3 is 3.23 bits per heavy atom. The van der Waals surface area contributed by atoms with Gasteiger partial charge in [-0.25, -0.2) is 4.79 Å². The molecule has 5 heteroatoms. The number of nitriles is 1. The average Bonchev–Trinajstić information content (AvgIpc) is 2.51. The van der Waals surface area contributed by atoms with Gasteiger partial charge in [-0.15, -0.1) is 0 Å². The molecule has 0 spiro atoms. The van der Waals surface area contributed by atoms with Crippen molar-refractivity contribution in [3.8, 4) is 6.07 Å². The minimum atomic E-state index is -0.516. The van der Waals surface area contributed by atoms with Gasteiger partial charge < -0.3 is 9.25 Å². The molecule has 0 saturated carbocycles. The summed E-state index contributed by atoms with van der Waals surface area (Å²) in [7, 11) is 0. The summed E-state index contributed by atoms with van der Waals surface area (Å²) in [5.41, 5.74) is 0.476. The summed E-state index contributed by atoms with van der Waals surface area (Å²) in [4.78, 5) is 14.6. The van der Waals surface area contributed by atoms with Gasteiger partial charge in [-0.2, -0.15) is 5.26 Å². The average molecular weight is 178 g/mol. The maximum atomic E-state index is 10.3. The van der Waals surface area contributed by atoms with Crippen LogP contribution in [0.5, 0.6) is 0 Å². The second-order valence-corrected chi connectivity index (χ2v) is 2.13. The van der Waals surface area contributed by atoms with Crippen LogP contribution in [0.1, 0.15) is 18.2 Å². The van der Waals surface area contributed by atoms with Crippen molar-refractivity contribution in [2.75, 3.05) is 0 Å². The summed E-state index contributed by atoms with van der Waals surface area (Å²) < 4.78 is 4.78. The molecule has 13 heavy (non-hydrogen) atoms. The quantitative estimate of drug-likeness (QED) is 0.385. The largest absolute Gasteiger partial charge is 0.453 e. The van der Waals surface area contributed by atoms with Crippen molar-refractivity contribution in [2.45, 2.75) is 6.92 Å². The zero-order valence-corrected chi connectivity index (χ0v) is 6.85. The second-order valence-electron chi connectivity index (χ2n) is 2.13. The van der Waals surface area contributed by atoms with Crippen molar-refractivity contribution in [1.29, 1.82) is 5.26 Å². The first-order valence-corrected chi connectivity index (χ1v) is 3.42. The highest BCUT2D eigenvalue weighted by atomic mass is 16.7. The molecule has 0 atom stereocenters. The number of nitrogens with zero attached hydrogens (tertiary/aromatic N) is 2. The molecule has 1 rings (SSSR count). The molecule has 0 aromatic carbocycles. The Balaban J connectivity index is 2.69. The molecule has 5 nitrogen and oxygen atoms in total. The normalized spacial score (nSPS) is 9.85. The zero-order valence-electron chi connectivity index (χ0n) is 6.85. The third kappa shape index (κ3) is 2.45. The van der Waals surface area contributed by atoms with Crippen molar-refractivity contribution < 1.29 is 14.0 Å². The molecule has 0 N–H and O–H groups in total. The highest BCUT2D eigenvalue weighted by molar-refractivity contribution is 5.82. The summed E-state index contributed by atoms with van der Waals surface area (Å²) in [6, 6.07) is 3.36. The third-order valence-electron chi connectivity index (χ3n) is 1.17. The minimum absolute atomic E-state index is 0.135. The first kappa shape index (κ1) is 9.00. The van der Waals surface area contributed by atoms with Crippen LogP contribution in [-0.2, 0) is 9.63 Å². The van der Waals surface area contributed by atoms with Crippen LogP contribution >= 0.6 is 0 Å². The van der Waals surface area contributed by atoms with E-state index in [2.05, 4.69) is 9.99 Å². The summed E-state index contributed by atoms with van der Waals surface area (Å²) in [5.74, 6) is -0.380. The Labute approximate surface area is 74.2 Å². The van der Waals surface area contributed by atoms with Gasteiger partial charge in [-0.05, 0) is 6.07 Å². The van der Waals surface area contributed by atoms with Gasteiger partial charge in [0, 0.05) is 6.92 Å². The van der Waals surface area contributed by atoms with Crippen molar-refractivity contribution >= 4 is 12.2 Å². The van der Waals surface area contributed by atoms with Crippen LogP contribution in [0.2, 0.25) is 0 Å². The van der Waals surface area contributed by atoms with Crippen LogP contribution in [0, 0.1) is 11.3 Å². The van der Waals surface area contributed by atoms with Crippen LogP contribution in [0.15, 0.2) is 21.9 Å². The van der Waals surface area contributed by atoms with Crippen molar-refractivity contribution in [3.05, 3.63) is 23.7 Å². The fourth-order valence-electron chi connectivity index (χ4n) is 0.669. The van der Waals surface area contributed by atoms with Gasteiger partial charge in [0.05, 0.1) is 18.0 Å². The highest BCUT2D eigenvalue weighted by Crippen LogP contribution is 2.05. The maximum absolute atomic E-state index is 10.3. The van der Waals surface area contributed by atoms with E-state index in [-0.39, 0.29) is 5.76 Å². The standard InChI is InChI=1S/C8H6N2O3/c1-6(11)13-10-5-7-2-3-12-8(7)4-9/h2-3,5H,1H3. The molecule has 0 fully saturated rings. The summed E-state index contributed by atoms with van der Waals surface area (Å²) >= 11 is 0. The number of rotatable bonds is 2. The molecule has 0 aliphatic rings. The Morgan fingerprint density at radius 1 is 1.85 bits per heavy atom. The number of carbonyl (C=O) groups is 1. The van der Waals surface area contributed by atoms with E-state index in [4.69, 9.17) is 9.68 Å². The van der Waals surface area contributed by atoms with Crippen molar-refractivity contribution in [2.24, 2.45) is 5.16 Å². The van der Waals surface area contributed by atoms with Crippen molar-refractivity contribution in [1.82, 2.24) is 0 Å². The van der Waals surface area contributed by atoms with Crippen molar-refractivity contribution in [3.63, 3.8) is 0 Å². The van der Waals surface area contributed by atoms with E-state index in [0.29, 0.717) is 5.56 Å². The molecule has 1 heterocycles. The van der Waals surface area contributed by atoms with Gasteiger partial charge in [0.1, 0.15) is 6.07 Å². The predicted octanol–water partition coefficient (Wildman–Crippen LogP) is 1.05. The Bertz CT molecular complexity index is 373. The molecular formula is C8H6N2O3. The van der Waals surface area contributed by atoms with Crippen LogP contribution in [0.25, 0.3) is 0 Å². The number of hydrogen-bond donors (Lipinski definition) is 0. The summed E-state index contributed by atoms with van der Waals surface area (Å²) in [5, 5.41) is 11.8. The predicted molar refractivity (Wildman–Crippen MR) is 42.8 cm³/mol. The lowest BCUT2D eigenvalue weighted by atomic mass is 10.3. The van der Waals surface area contributed by atoms with Gasteiger partial charge >= 0.3 is 5.97 Å². The monoisotopic (exact) mass is 178 g/mol. The van der Waals surface area contributed by atoms with E-state index in [1.807, 2.05) is 6.07 Å². The first-order valence-electron chi connectivity index (χ1n) is 3.42. The van der Waals surface area contributed by atoms with Gasteiger partial charge in [-0.1, -0.05) is 5.16 Å². The van der Waals surface area contributed by atoms with E-state index in [1.54, 1.807) is 6.07 Å². The highest BCUT2D eigenvalue weighted by Gasteiger charge is 2.01. The van der Waals surface area contributed by atoms with Crippen LogP contribution in [0.4, 0.5) is 0 Å². The van der Waals surface area contributed by atoms with Gasteiger partial charge in [0.25, 0.3) is 0 Å². The molecule has 1 aromatic heterocycles. The number of carbonyl (C=O) groups excluding carboxylic acids is 1. The molecule has 0 aliphatic carbocycles. The molecular weight excluding hydrogens is 172 g/mol. The molecule has 0 saturated heterocycles. The minimum Gasteiger partial charge on any atom is -0.453 e. The lowest BCUT2D eigenvalue weighted by molar-refractivity contribution is -0.140. The zero-order chi connectivity index (χ0) is 9.68. The Kier molecular flexibility index (Phi) is 2.82. The molecule has 1 aromatic rings. The van der Waals surface area contributed by atoms with Gasteiger partial charge in [0.2, 0.25) is 5.76 Å². The van der Waals surface area contributed by atoms with E-state index >= 15 is 0 Å². The summed E-state index contributed by atoms with van der Waals surface area (Å²) in [6.45, 7) is 1.23. The molecule has 66 valence electrons. The maximum Gasteiger partial charge on any atom is 0.331 e. The van der Waals surface area contributed by atoms with Crippen LogP contribution < -0.4 is 0 Å². The van der Waals surface area contributed by atoms with Gasteiger partial charge in [0.15, 0.2) is 0 Å². The Morgan fingerprint density at radius 2 is 2.62 bits per heavy atom. The summed E-state index contributed by atoms with van der Waals surface area (Å²) in [6.07, 6.45) is 2.59. The van der Waals surface area contributed by atoms with Crippen LogP contribution in [-0.4, -0.2) is 12.2 Å². The molecule has 0 bridgehead atoms. The lowest BCUT2D eigenvalue weighted by Gasteiger charge is -1.87. The lowest BCUT2D eigenvalue weighted by Crippen LogP contribution is -1.91. The molecule has 0 amide bonds. The Hall–Kier alpha value is -2.09. The van der Waals surface area contributed by atoms with Crippen LogP contribution in [0.3, 0.4) is 0 Å². The van der Waals surface area contributed by atoms with E-state index in [1.165, 1.54) is 19.4 Å². The van der Waals surface area contributed by atoms with E-state index in [9.17, 15) is 4.79 Å². The second kappa shape index (κ2) is 4.07. The first-order chi connectivity index (χ1) is 6.24. The fourth-order valence-corrected chi connectivity index (χ4v) is 0.669. The number of furan rings is 1. The van der Waals surface area contributed by atoms with E-state index < -0.39 is 5.97 Å². The third-order valence-corrected chi connectivity index (χ3v) is 1.17. The topological polar surface area (TPSA) is 75.6 Å². The van der Waals surface area contributed by atoms with Gasteiger partial charge in [-0.3, -0.25) is 0 Å². The number of hydrogen-bond acceptors (Lipinski definition) is 5. The molecule has 0 unspecified atom stereocenters. The fraction of sp³-hybridized carbons (Fsp3) is 0.125. The molecule has 0 aliphatic heterocycles. The van der Waals surface area contributed by atoms with E-state index in [0.717, 1.165) is 0 Å².